The van der Waals surface area contributed by atoms with Gasteiger partial charge in [0.05, 0.1) is 8.07 Å². The first-order chi connectivity index (χ1) is 23.0. The third-order valence-corrected chi connectivity index (χ3v) is 11.7. The van der Waals surface area contributed by atoms with Gasteiger partial charge in [-0.2, -0.15) is 41.7 Å². The molecule has 0 amide bonds. The minimum Gasteiger partial charge on any atom is -0.305 e. The first kappa shape index (κ1) is 34.2. The molecule has 0 saturated carbocycles. The van der Waals surface area contributed by atoms with E-state index in [9.17, 15) is 0 Å². The number of nitrogens with zero attached hydrogens (tertiary/aromatic N) is 1. The van der Waals surface area contributed by atoms with E-state index in [0.29, 0.717) is 5.92 Å². The molecule has 0 spiro atoms. The number of thiophene rings is 1. The number of pyridine rings is 1. The zero-order chi connectivity index (χ0) is 33.9. The summed E-state index contributed by atoms with van der Waals surface area (Å²) in [5, 5.41) is 4.03. The van der Waals surface area contributed by atoms with E-state index in [-0.39, 0.29) is 20.1 Å². The quantitative estimate of drug-likeness (QED) is 0.115. The Morgan fingerprint density at radius 1 is 0.729 bits per heavy atom. The van der Waals surface area contributed by atoms with E-state index >= 15 is 0 Å². The summed E-state index contributed by atoms with van der Waals surface area (Å²) in [5.41, 5.74) is 7.59. The van der Waals surface area contributed by atoms with E-state index in [1.165, 1.54) is 30.9 Å². The molecule has 1 atom stereocenters. The predicted molar refractivity (Wildman–Crippen MR) is 206 cm³/mol. The average molecular weight is 838 g/mol. The van der Waals surface area contributed by atoms with Crippen molar-refractivity contribution in [2.75, 3.05) is 0 Å². The molecule has 2 heterocycles. The van der Waals surface area contributed by atoms with Crippen molar-refractivity contribution in [1.29, 1.82) is 0 Å². The summed E-state index contributed by atoms with van der Waals surface area (Å²) in [6.45, 7) is 13.7. The van der Waals surface area contributed by atoms with Crippen LogP contribution in [0.5, 0.6) is 0 Å². The number of benzene rings is 5. The Kier molecular flexibility index (Phi) is 11.2. The minimum absolute atomic E-state index is 0. The smallest absolute Gasteiger partial charge is 0.305 e. The summed E-state index contributed by atoms with van der Waals surface area (Å²) in [6, 6.07) is 49.1. The van der Waals surface area contributed by atoms with Crippen LogP contribution in [0.15, 0.2) is 121 Å². The summed E-state index contributed by atoms with van der Waals surface area (Å²) in [4.78, 5) is 4.69. The normalized spacial score (nSPS) is 12.9. The van der Waals surface area contributed by atoms with Gasteiger partial charge in [0.2, 0.25) is 0 Å². The van der Waals surface area contributed by atoms with Gasteiger partial charge < -0.3 is 4.98 Å². The van der Waals surface area contributed by atoms with Crippen molar-refractivity contribution in [3.63, 3.8) is 0 Å². The van der Waals surface area contributed by atoms with Crippen molar-refractivity contribution in [1.82, 2.24) is 4.98 Å². The number of hydrogen-bond acceptors (Lipinski definition) is 2. The van der Waals surface area contributed by atoms with E-state index in [1.54, 1.807) is 11.3 Å². The summed E-state index contributed by atoms with van der Waals surface area (Å²) < 4.78 is 11.5. The molecule has 0 bridgehead atoms. The third kappa shape index (κ3) is 8.13. The molecular weight excluding hydrogens is 795 g/mol. The van der Waals surface area contributed by atoms with Crippen LogP contribution >= 0.6 is 11.3 Å². The van der Waals surface area contributed by atoms with Gasteiger partial charge in [0, 0.05) is 12.3 Å². The second-order valence-corrected chi connectivity index (χ2v) is 19.6. The van der Waals surface area contributed by atoms with Crippen molar-refractivity contribution < 1.29 is 21.5 Å². The third-order valence-electron chi connectivity index (χ3n) is 8.46. The van der Waals surface area contributed by atoms with Gasteiger partial charge in [-0.25, -0.2) is 11.1 Å². The van der Waals surface area contributed by atoms with E-state index < -0.39 is 14.0 Å². The summed E-state index contributed by atoms with van der Waals surface area (Å²) >= 11 is 1.79. The molecule has 0 aliphatic heterocycles. The summed E-state index contributed by atoms with van der Waals surface area (Å²) in [6.07, 6.45) is 3.24. The molecular formula is C44H42IrNSSi. The SMILES string of the molecule is CC(C)Cc1cc(-c2[c-]cccc2)ncc1[Si](C)(C)C.[2H]C(C)(c1ccccc1)c1cc[c-]c(-c2[c-]ccc3c2sc2ccccc23)c1.[Ir+3]. The fourth-order valence-electron chi connectivity index (χ4n) is 6.07. The van der Waals surface area contributed by atoms with Gasteiger partial charge in [-0.1, -0.05) is 111 Å². The maximum Gasteiger partial charge on any atom is 3.00 e. The molecule has 1 unspecified atom stereocenters. The topological polar surface area (TPSA) is 12.9 Å². The maximum atomic E-state index is 9.00. The fourth-order valence-corrected chi connectivity index (χ4v) is 8.87. The van der Waals surface area contributed by atoms with Crippen molar-refractivity contribution in [3.05, 3.63) is 156 Å². The van der Waals surface area contributed by atoms with E-state index in [0.717, 1.165) is 39.9 Å². The van der Waals surface area contributed by atoms with Crippen LogP contribution in [-0.2, 0) is 26.5 Å². The van der Waals surface area contributed by atoms with Crippen molar-refractivity contribution in [3.8, 4) is 22.4 Å². The summed E-state index contributed by atoms with van der Waals surface area (Å²) in [5.74, 6) is -0.154. The van der Waals surface area contributed by atoms with Crippen LogP contribution in [0.25, 0.3) is 42.6 Å². The second kappa shape index (κ2) is 15.7. The van der Waals surface area contributed by atoms with Crippen LogP contribution in [0, 0.1) is 24.1 Å². The number of aromatic nitrogens is 1. The molecule has 7 rings (SSSR count). The van der Waals surface area contributed by atoms with Gasteiger partial charge in [0.25, 0.3) is 0 Å². The Bertz CT molecular complexity index is 2150. The minimum atomic E-state index is -1.34. The molecule has 0 aliphatic rings. The van der Waals surface area contributed by atoms with Gasteiger partial charge in [0.1, 0.15) is 0 Å². The van der Waals surface area contributed by atoms with Crippen LogP contribution in [0.4, 0.5) is 0 Å². The molecule has 48 heavy (non-hydrogen) atoms. The maximum absolute atomic E-state index is 9.00. The van der Waals surface area contributed by atoms with E-state index in [2.05, 4.69) is 111 Å². The average Bonchev–Trinajstić information content (AvgIpc) is 3.48. The van der Waals surface area contributed by atoms with Crippen LogP contribution in [-0.4, -0.2) is 13.1 Å². The predicted octanol–water partition coefficient (Wildman–Crippen LogP) is 11.8. The number of fused-ring (bicyclic) bond motifs is 3. The summed E-state index contributed by atoms with van der Waals surface area (Å²) in [7, 11) is -1.34. The number of hydrogen-bond donors (Lipinski definition) is 0. The van der Waals surface area contributed by atoms with Crippen molar-refractivity contribution in [2.45, 2.75) is 52.7 Å². The van der Waals surface area contributed by atoms with E-state index in [4.69, 9.17) is 1.37 Å². The van der Waals surface area contributed by atoms with E-state index in [1.807, 2.05) is 73.7 Å². The Balaban J connectivity index is 0.000000199. The molecule has 1 nitrogen and oxygen atoms in total. The molecule has 0 N–H and O–H groups in total. The van der Waals surface area contributed by atoms with Gasteiger partial charge in [-0.15, -0.1) is 53.6 Å². The fraction of sp³-hybridized carbons (Fsp3) is 0.205. The number of rotatable bonds is 7. The molecule has 0 radical (unpaired) electrons. The zero-order valence-corrected chi connectivity index (χ0v) is 32.7. The van der Waals surface area contributed by atoms with Gasteiger partial charge >= 0.3 is 20.1 Å². The Labute approximate surface area is 306 Å². The monoisotopic (exact) mass is 838 g/mol. The Morgan fingerprint density at radius 2 is 1.44 bits per heavy atom. The van der Waals surface area contributed by atoms with Gasteiger partial charge in [0.15, 0.2) is 0 Å². The first-order valence-electron chi connectivity index (χ1n) is 16.9. The van der Waals surface area contributed by atoms with Gasteiger partial charge in [-0.05, 0) is 46.1 Å². The van der Waals surface area contributed by atoms with Crippen LogP contribution in [0.3, 0.4) is 0 Å². The molecule has 242 valence electrons. The second-order valence-electron chi connectivity index (χ2n) is 13.5. The van der Waals surface area contributed by atoms with Gasteiger partial charge in [-0.3, -0.25) is 0 Å². The molecule has 4 heteroatoms. The van der Waals surface area contributed by atoms with Crippen LogP contribution in [0.2, 0.25) is 19.6 Å². The molecule has 5 aromatic carbocycles. The molecule has 0 saturated heterocycles. The molecule has 7 aromatic rings. The van der Waals surface area contributed by atoms with Crippen LogP contribution < -0.4 is 5.19 Å². The Morgan fingerprint density at radius 3 is 2.17 bits per heavy atom. The molecule has 2 aromatic heterocycles. The zero-order valence-electron chi connectivity index (χ0n) is 29.5. The van der Waals surface area contributed by atoms with Crippen LogP contribution in [0.1, 0.15) is 44.7 Å². The van der Waals surface area contributed by atoms with Crippen molar-refractivity contribution >= 4 is 44.8 Å². The Hall–Kier alpha value is -3.66. The molecule has 0 fully saturated rings. The molecule has 0 aliphatic carbocycles. The largest absolute Gasteiger partial charge is 3.00 e. The van der Waals surface area contributed by atoms with Crippen molar-refractivity contribution in [2.24, 2.45) is 5.92 Å². The first-order valence-corrected chi connectivity index (χ1v) is 20.7. The standard InChI is InChI=1S/C26H18S.C18H24NSi.Ir/c1-18(19-9-3-2-4-10-19)20-11-7-12-21(17-20)22-14-8-15-24-23-13-5-6-16-25(23)27-26(22)24;1-14(2)11-16-12-17(15-9-7-6-8-10-15)19-13-18(16)20(3,4)5;/h2-11,13,15-18H,1H3;6-9,12-14H,11H2,1-5H3;/q-2;-1;+3/i18D;;.